The fourth-order valence-electron chi connectivity index (χ4n) is 1.16. The molecule has 0 aliphatic carbocycles. The summed E-state index contributed by atoms with van der Waals surface area (Å²) in [5, 5.41) is 1.19. The Bertz CT molecular complexity index is 310. The molecule has 0 aliphatic heterocycles. The summed E-state index contributed by atoms with van der Waals surface area (Å²) in [7, 11) is 0. The molecule has 1 aromatic rings. The second-order valence-corrected chi connectivity index (χ2v) is 4.73. The minimum absolute atomic E-state index is 0.534. The van der Waals surface area contributed by atoms with Gasteiger partial charge in [-0.05, 0) is 24.0 Å². The Kier molecular flexibility index (Phi) is 5.44. The second-order valence-electron chi connectivity index (χ2n) is 3.95. The molecule has 0 unspecified atom stereocenters. The molecule has 0 N–H and O–H groups in total. The smallest absolute Gasteiger partial charge is 0.0731 e. The number of benzene rings is 1. The average molecular weight is 247 g/mol. The molecule has 0 aromatic heterocycles. The molecule has 15 heavy (non-hydrogen) atoms. The van der Waals surface area contributed by atoms with E-state index in [9.17, 15) is 0 Å². The minimum atomic E-state index is 0.534. The average Bonchev–Trinajstić information content (AvgIpc) is 2.18. The summed E-state index contributed by atoms with van der Waals surface area (Å²) in [5.74, 6) is 0.667. The maximum Gasteiger partial charge on any atom is 0.0731 e. The number of hydrogen-bond donors (Lipinski definition) is 0. The van der Waals surface area contributed by atoms with Crippen molar-refractivity contribution >= 4 is 23.2 Å². The van der Waals surface area contributed by atoms with Crippen LogP contribution in [0.15, 0.2) is 18.2 Å². The first-order valence-corrected chi connectivity index (χ1v) is 5.87. The van der Waals surface area contributed by atoms with Crippen molar-refractivity contribution in [2.24, 2.45) is 5.92 Å². The lowest BCUT2D eigenvalue weighted by molar-refractivity contribution is 0.111. The largest absolute Gasteiger partial charge is 0.377 e. The van der Waals surface area contributed by atoms with E-state index in [0.29, 0.717) is 22.6 Å². The van der Waals surface area contributed by atoms with Crippen LogP contribution in [0.1, 0.15) is 25.8 Å². The molecule has 1 aromatic carbocycles. The summed E-state index contributed by atoms with van der Waals surface area (Å²) >= 11 is 11.9. The predicted molar refractivity (Wildman–Crippen MR) is 65.6 cm³/mol. The summed E-state index contributed by atoms with van der Waals surface area (Å²) in [6, 6.07) is 5.60. The van der Waals surface area contributed by atoms with Gasteiger partial charge in [-0.2, -0.15) is 0 Å². The topological polar surface area (TPSA) is 9.23 Å². The summed E-state index contributed by atoms with van der Waals surface area (Å²) in [6.45, 7) is 5.65. The first kappa shape index (κ1) is 12.8. The number of halogens is 2. The third-order valence-corrected chi connectivity index (χ3v) is 2.99. The van der Waals surface area contributed by atoms with Gasteiger partial charge in [-0.15, -0.1) is 0 Å². The zero-order valence-electron chi connectivity index (χ0n) is 9.09. The Balaban J connectivity index is 2.41. The minimum Gasteiger partial charge on any atom is -0.377 e. The first-order chi connectivity index (χ1) is 7.11. The molecule has 0 amide bonds. The van der Waals surface area contributed by atoms with Crippen LogP contribution in [0.5, 0.6) is 0 Å². The molecule has 0 atom stereocenters. The molecule has 1 rings (SSSR count). The number of rotatable bonds is 5. The van der Waals surface area contributed by atoms with Crippen molar-refractivity contribution in [1.82, 2.24) is 0 Å². The van der Waals surface area contributed by atoms with Gasteiger partial charge in [0, 0.05) is 6.61 Å². The van der Waals surface area contributed by atoms with Crippen LogP contribution in [-0.2, 0) is 11.3 Å². The summed E-state index contributed by atoms with van der Waals surface area (Å²) < 4.78 is 5.52. The van der Waals surface area contributed by atoms with Crippen LogP contribution in [-0.4, -0.2) is 6.61 Å². The molecule has 1 nitrogen and oxygen atoms in total. The lowest BCUT2D eigenvalue weighted by Crippen LogP contribution is -1.99. The molecule has 0 saturated carbocycles. The molecule has 0 spiro atoms. The monoisotopic (exact) mass is 246 g/mol. The Morgan fingerprint density at radius 2 is 2.00 bits per heavy atom. The van der Waals surface area contributed by atoms with E-state index in [1.165, 1.54) is 0 Å². The highest BCUT2D eigenvalue weighted by Gasteiger charge is 2.04. The lowest BCUT2D eigenvalue weighted by Gasteiger charge is -2.08. The molecular formula is C12H16Cl2O. The lowest BCUT2D eigenvalue weighted by atomic mass is 10.1. The fraction of sp³-hybridized carbons (Fsp3) is 0.500. The van der Waals surface area contributed by atoms with E-state index in [2.05, 4.69) is 13.8 Å². The highest BCUT2D eigenvalue weighted by molar-refractivity contribution is 6.42. The van der Waals surface area contributed by atoms with Crippen LogP contribution in [0.25, 0.3) is 0 Å². The van der Waals surface area contributed by atoms with Crippen molar-refractivity contribution in [3.05, 3.63) is 33.8 Å². The van der Waals surface area contributed by atoms with Gasteiger partial charge in [0.2, 0.25) is 0 Å². The van der Waals surface area contributed by atoms with Crippen molar-refractivity contribution < 1.29 is 4.74 Å². The third kappa shape index (κ3) is 4.42. The van der Waals surface area contributed by atoms with Crippen LogP contribution >= 0.6 is 23.2 Å². The van der Waals surface area contributed by atoms with Crippen LogP contribution in [0.2, 0.25) is 10.0 Å². The van der Waals surface area contributed by atoms with E-state index in [0.717, 1.165) is 18.6 Å². The maximum absolute atomic E-state index is 6.02. The second kappa shape index (κ2) is 6.37. The summed E-state index contributed by atoms with van der Waals surface area (Å²) in [5.41, 5.74) is 0.952. The first-order valence-electron chi connectivity index (χ1n) is 5.12. The fourth-order valence-corrected chi connectivity index (χ4v) is 1.54. The molecule has 3 heteroatoms. The van der Waals surface area contributed by atoms with E-state index in [4.69, 9.17) is 27.9 Å². The van der Waals surface area contributed by atoms with Crippen LogP contribution in [0.4, 0.5) is 0 Å². The van der Waals surface area contributed by atoms with Crippen molar-refractivity contribution in [3.8, 4) is 0 Å². The standard InChI is InChI=1S/C12H16Cl2O/c1-9(2)6-7-15-8-10-4-3-5-11(13)12(10)14/h3-5,9H,6-8H2,1-2H3. The van der Waals surface area contributed by atoms with Gasteiger partial charge in [0.1, 0.15) is 0 Å². The molecular weight excluding hydrogens is 231 g/mol. The third-order valence-electron chi connectivity index (χ3n) is 2.13. The van der Waals surface area contributed by atoms with Crippen LogP contribution in [0.3, 0.4) is 0 Å². The number of ether oxygens (including phenoxy) is 1. The number of hydrogen-bond acceptors (Lipinski definition) is 1. The Morgan fingerprint density at radius 1 is 1.27 bits per heavy atom. The van der Waals surface area contributed by atoms with Crippen LogP contribution in [0, 0.1) is 5.92 Å². The maximum atomic E-state index is 6.02. The van der Waals surface area contributed by atoms with Gasteiger partial charge in [0.25, 0.3) is 0 Å². The predicted octanol–water partition coefficient (Wildman–Crippen LogP) is 4.56. The zero-order chi connectivity index (χ0) is 11.3. The van der Waals surface area contributed by atoms with Gasteiger partial charge in [-0.25, -0.2) is 0 Å². The van der Waals surface area contributed by atoms with Gasteiger partial charge >= 0.3 is 0 Å². The van der Waals surface area contributed by atoms with Gasteiger partial charge < -0.3 is 4.74 Å². The SMILES string of the molecule is CC(C)CCOCc1cccc(Cl)c1Cl. The van der Waals surface area contributed by atoms with Crippen molar-refractivity contribution in [3.63, 3.8) is 0 Å². The Morgan fingerprint density at radius 3 is 2.67 bits per heavy atom. The molecule has 84 valence electrons. The van der Waals surface area contributed by atoms with Crippen molar-refractivity contribution in [2.75, 3.05) is 6.61 Å². The molecule has 0 aliphatic rings. The van der Waals surface area contributed by atoms with Crippen molar-refractivity contribution in [2.45, 2.75) is 26.9 Å². The van der Waals surface area contributed by atoms with E-state index in [1.807, 2.05) is 12.1 Å². The molecule has 0 bridgehead atoms. The van der Waals surface area contributed by atoms with Gasteiger partial charge in [-0.3, -0.25) is 0 Å². The van der Waals surface area contributed by atoms with E-state index >= 15 is 0 Å². The normalized spacial score (nSPS) is 11.0. The van der Waals surface area contributed by atoms with Crippen molar-refractivity contribution in [1.29, 1.82) is 0 Å². The highest BCUT2D eigenvalue weighted by Crippen LogP contribution is 2.25. The Hall–Kier alpha value is -0.240. The van der Waals surface area contributed by atoms with Gasteiger partial charge in [-0.1, -0.05) is 49.2 Å². The quantitative estimate of drug-likeness (QED) is 0.693. The van der Waals surface area contributed by atoms with E-state index in [-0.39, 0.29) is 0 Å². The molecule has 0 fully saturated rings. The van der Waals surface area contributed by atoms with Gasteiger partial charge in [0.05, 0.1) is 16.7 Å². The van der Waals surface area contributed by atoms with E-state index < -0.39 is 0 Å². The zero-order valence-corrected chi connectivity index (χ0v) is 10.6. The van der Waals surface area contributed by atoms with E-state index in [1.54, 1.807) is 6.07 Å². The summed E-state index contributed by atoms with van der Waals surface area (Å²) in [6.07, 6.45) is 1.07. The molecule has 0 saturated heterocycles. The highest BCUT2D eigenvalue weighted by atomic mass is 35.5. The molecule has 0 radical (unpaired) electrons. The van der Waals surface area contributed by atoms with Gasteiger partial charge in [0.15, 0.2) is 0 Å². The van der Waals surface area contributed by atoms with Crippen LogP contribution < -0.4 is 0 Å². The summed E-state index contributed by atoms with van der Waals surface area (Å²) in [4.78, 5) is 0. The Labute approximate surface area is 101 Å². The molecule has 0 heterocycles.